The van der Waals surface area contributed by atoms with Crippen molar-refractivity contribution in [3.63, 3.8) is 0 Å². The van der Waals surface area contributed by atoms with Gasteiger partial charge in [0, 0.05) is 0 Å². The van der Waals surface area contributed by atoms with Gasteiger partial charge in [-0.1, -0.05) is 23.8 Å². The van der Waals surface area contributed by atoms with E-state index < -0.39 is 0 Å². The normalized spacial score (nSPS) is 31.8. The summed E-state index contributed by atoms with van der Waals surface area (Å²) in [6.45, 7) is 4.32. The van der Waals surface area contributed by atoms with Crippen molar-refractivity contribution in [2.75, 3.05) is 0 Å². The molecule has 0 bridgehead atoms. The van der Waals surface area contributed by atoms with Crippen LogP contribution in [0.25, 0.3) is 0 Å². The van der Waals surface area contributed by atoms with Gasteiger partial charge in [-0.2, -0.15) is 0 Å². The summed E-state index contributed by atoms with van der Waals surface area (Å²) < 4.78 is 0. The first-order chi connectivity index (χ1) is 5.74. The molecule has 0 aromatic carbocycles. The third-order valence-corrected chi connectivity index (χ3v) is 3.27. The Morgan fingerprint density at radius 2 is 2.17 bits per heavy atom. The molecule has 12 heavy (non-hydrogen) atoms. The van der Waals surface area contributed by atoms with E-state index in [2.05, 4.69) is 41.3 Å². The Kier molecular flexibility index (Phi) is 4.01. The molecule has 1 saturated carbocycles. The fourth-order valence-corrected chi connectivity index (χ4v) is 2.34. The summed E-state index contributed by atoms with van der Waals surface area (Å²) >= 11 is 0. The second kappa shape index (κ2) is 4.82. The maximum Gasteiger partial charge on any atom is -0.0197 e. The van der Waals surface area contributed by atoms with Crippen molar-refractivity contribution in [2.45, 2.75) is 38.8 Å². The number of allylic oxidation sites excluding steroid dienone is 4. The Balaban J connectivity index is 2.47. The van der Waals surface area contributed by atoms with Crippen molar-refractivity contribution < 1.29 is 0 Å². The predicted molar refractivity (Wildman–Crippen MR) is 59.4 cm³/mol. The van der Waals surface area contributed by atoms with Crippen LogP contribution in [0.2, 0.25) is 0 Å². The minimum atomic E-state index is 0.851. The first kappa shape index (κ1) is 9.99. The molecule has 1 aliphatic carbocycles. The summed E-state index contributed by atoms with van der Waals surface area (Å²) in [5.74, 6) is 0.851. The first-order valence-corrected chi connectivity index (χ1v) is 5.45. The number of rotatable bonds is 2. The van der Waals surface area contributed by atoms with E-state index in [1.807, 2.05) is 0 Å². The largest absolute Gasteiger partial charge is 0.134 e. The van der Waals surface area contributed by atoms with Gasteiger partial charge in [-0.15, -0.1) is 9.24 Å². The van der Waals surface area contributed by atoms with E-state index in [4.69, 9.17) is 0 Å². The van der Waals surface area contributed by atoms with Crippen LogP contribution in [0.1, 0.15) is 33.1 Å². The summed E-state index contributed by atoms with van der Waals surface area (Å²) in [7, 11) is 2.94. The van der Waals surface area contributed by atoms with Gasteiger partial charge in [0.05, 0.1) is 0 Å². The van der Waals surface area contributed by atoms with Crippen LogP contribution in [-0.4, -0.2) is 5.66 Å². The van der Waals surface area contributed by atoms with Crippen molar-refractivity contribution in [3.8, 4) is 0 Å². The fraction of sp³-hybridized carbons (Fsp3) is 0.636. The molecule has 0 heterocycles. The van der Waals surface area contributed by atoms with E-state index in [1.165, 1.54) is 19.3 Å². The predicted octanol–water partition coefficient (Wildman–Crippen LogP) is 3.55. The fourth-order valence-electron chi connectivity index (χ4n) is 1.81. The van der Waals surface area contributed by atoms with Crippen molar-refractivity contribution >= 4 is 9.24 Å². The van der Waals surface area contributed by atoms with E-state index in [0.29, 0.717) is 0 Å². The van der Waals surface area contributed by atoms with Crippen LogP contribution in [0.5, 0.6) is 0 Å². The molecular weight excluding hydrogens is 163 g/mol. The average Bonchev–Trinajstić information content (AvgIpc) is 2.47. The van der Waals surface area contributed by atoms with Crippen LogP contribution in [0.15, 0.2) is 23.8 Å². The molecule has 1 fully saturated rings. The summed E-state index contributed by atoms with van der Waals surface area (Å²) in [5, 5.41) is 0. The molecule has 0 aromatic rings. The van der Waals surface area contributed by atoms with E-state index in [9.17, 15) is 0 Å². The monoisotopic (exact) mass is 182 g/mol. The van der Waals surface area contributed by atoms with Crippen molar-refractivity contribution in [1.29, 1.82) is 0 Å². The molecule has 0 N–H and O–H groups in total. The van der Waals surface area contributed by atoms with Gasteiger partial charge in [0.2, 0.25) is 0 Å². The standard InChI is InChI=1S/C11H19P/c1-3-4-5-9(2)10-6-7-11(12)8-10/h3-5,10-11H,6-8,12H2,1-2H3/b4-3-,9-5+. The third-order valence-electron chi connectivity index (χ3n) is 2.67. The maximum absolute atomic E-state index is 2.94. The van der Waals surface area contributed by atoms with Gasteiger partial charge in [0.25, 0.3) is 0 Å². The Morgan fingerprint density at radius 1 is 1.42 bits per heavy atom. The number of hydrogen-bond acceptors (Lipinski definition) is 0. The van der Waals surface area contributed by atoms with Gasteiger partial charge in [-0.25, -0.2) is 0 Å². The summed E-state index contributed by atoms with van der Waals surface area (Å²) in [4.78, 5) is 0. The lowest BCUT2D eigenvalue weighted by atomic mass is 9.99. The minimum Gasteiger partial charge on any atom is -0.134 e. The van der Waals surface area contributed by atoms with Crippen LogP contribution in [-0.2, 0) is 0 Å². The molecule has 68 valence electrons. The van der Waals surface area contributed by atoms with Gasteiger partial charge >= 0.3 is 0 Å². The molecule has 0 amide bonds. The van der Waals surface area contributed by atoms with Crippen LogP contribution >= 0.6 is 9.24 Å². The molecule has 0 nitrogen and oxygen atoms in total. The van der Waals surface area contributed by atoms with Crippen LogP contribution < -0.4 is 0 Å². The molecule has 1 rings (SSSR count). The van der Waals surface area contributed by atoms with Gasteiger partial charge < -0.3 is 0 Å². The zero-order valence-corrected chi connectivity index (χ0v) is 9.24. The highest BCUT2D eigenvalue weighted by Crippen LogP contribution is 2.35. The lowest BCUT2D eigenvalue weighted by molar-refractivity contribution is 0.644. The third kappa shape index (κ3) is 2.75. The van der Waals surface area contributed by atoms with Gasteiger partial charge in [0.1, 0.15) is 0 Å². The highest BCUT2D eigenvalue weighted by atomic mass is 31.0. The second-order valence-corrected chi connectivity index (χ2v) is 4.65. The Bertz CT molecular complexity index is 191. The Labute approximate surface area is 78.3 Å². The summed E-state index contributed by atoms with van der Waals surface area (Å²) in [6, 6.07) is 0. The molecule has 0 radical (unpaired) electrons. The zero-order valence-electron chi connectivity index (χ0n) is 8.09. The molecular formula is C11H19P. The molecule has 3 unspecified atom stereocenters. The summed E-state index contributed by atoms with van der Waals surface area (Å²) in [6.07, 6.45) is 10.6. The van der Waals surface area contributed by atoms with E-state index in [1.54, 1.807) is 5.57 Å². The molecule has 1 heteroatoms. The zero-order chi connectivity index (χ0) is 8.97. The van der Waals surface area contributed by atoms with Crippen molar-refractivity contribution in [2.24, 2.45) is 5.92 Å². The smallest absolute Gasteiger partial charge is 0.0197 e. The highest BCUT2D eigenvalue weighted by molar-refractivity contribution is 7.17. The van der Waals surface area contributed by atoms with Gasteiger partial charge in [-0.05, 0) is 44.7 Å². The number of hydrogen-bond donors (Lipinski definition) is 0. The molecule has 0 spiro atoms. The van der Waals surface area contributed by atoms with E-state index >= 15 is 0 Å². The highest BCUT2D eigenvalue weighted by Gasteiger charge is 2.21. The van der Waals surface area contributed by atoms with E-state index in [0.717, 1.165) is 11.6 Å². The molecule has 0 saturated heterocycles. The molecule has 3 atom stereocenters. The van der Waals surface area contributed by atoms with Gasteiger partial charge in [-0.3, -0.25) is 0 Å². The van der Waals surface area contributed by atoms with Crippen molar-refractivity contribution in [3.05, 3.63) is 23.8 Å². The van der Waals surface area contributed by atoms with E-state index in [-0.39, 0.29) is 0 Å². The molecule has 0 aliphatic heterocycles. The van der Waals surface area contributed by atoms with Crippen molar-refractivity contribution in [1.82, 2.24) is 0 Å². The average molecular weight is 182 g/mol. The molecule has 0 aromatic heterocycles. The summed E-state index contributed by atoms with van der Waals surface area (Å²) in [5.41, 5.74) is 2.42. The topological polar surface area (TPSA) is 0 Å². The lowest BCUT2D eigenvalue weighted by Gasteiger charge is -2.08. The van der Waals surface area contributed by atoms with Crippen LogP contribution in [0.4, 0.5) is 0 Å². The molecule has 1 aliphatic rings. The Morgan fingerprint density at radius 3 is 2.67 bits per heavy atom. The second-order valence-electron chi connectivity index (χ2n) is 3.71. The van der Waals surface area contributed by atoms with Gasteiger partial charge in [0.15, 0.2) is 0 Å². The quantitative estimate of drug-likeness (QED) is 0.452. The SMILES string of the molecule is C/C=C\C=C(/C)C1CCC(P)C1. The van der Waals surface area contributed by atoms with Crippen LogP contribution in [0.3, 0.4) is 0 Å². The maximum atomic E-state index is 2.94. The minimum absolute atomic E-state index is 0.851. The lowest BCUT2D eigenvalue weighted by Crippen LogP contribution is -1.96. The Hall–Kier alpha value is -0.0900. The van der Waals surface area contributed by atoms with Crippen LogP contribution in [0, 0.1) is 5.92 Å². The first-order valence-electron chi connectivity index (χ1n) is 4.79.